The number of alkyl halides is 14. The van der Waals surface area contributed by atoms with Crippen molar-refractivity contribution < 1.29 is 104 Å². The molecule has 1 saturated heterocycles. The zero-order valence-corrected chi connectivity index (χ0v) is 24.3. The Balaban J connectivity index is 0.000000885. The van der Waals surface area contributed by atoms with Crippen molar-refractivity contribution in [2.45, 2.75) is 99.8 Å². The van der Waals surface area contributed by atoms with E-state index in [1.165, 1.54) is 6.92 Å². The number of thiol groups is 1. The molecule has 0 amide bonds. The summed E-state index contributed by atoms with van der Waals surface area (Å²) in [5.74, 6) is -39.8. The molecule has 0 unspecified atom stereocenters. The van der Waals surface area contributed by atoms with Crippen LogP contribution in [0.2, 0.25) is 0 Å². The molecule has 1 fully saturated rings. The number of carbonyl (C=O) groups excluding carboxylic acids is 4. The Morgan fingerprint density at radius 3 is 1.37 bits per heavy atom. The third-order valence-electron chi connectivity index (χ3n) is 5.37. The van der Waals surface area contributed by atoms with Gasteiger partial charge in [-0.25, -0.2) is 0 Å². The average molecular weight is 730 g/mol. The van der Waals surface area contributed by atoms with Gasteiger partial charge in [-0.15, -0.1) is 12.6 Å². The molecule has 0 aromatic carbocycles. The predicted molar refractivity (Wildman–Crippen MR) is 122 cm³/mol. The van der Waals surface area contributed by atoms with Gasteiger partial charge in [-0.3, -0.25) is 23.6 Å². The lowest BCUT2D eigenvalue weighted by Gasteiger charge is -2.42. The fourth-order valence-electron chi connectivity index (χ4n) is 3.28. The first-order valence-electron chi connectivity index (χ1n) is 11.9. The third-order valence-corrected chi connectivity index (χ3v) is 5.79. The van der Waals surface area contributed by atoms with Crippen LogP contribution in [0.3, 0.4) is 0 Å². The molecule has 46 heavy (non-hydrogen) atoms. The molecule has 1 rings (SSSR count). The standard InChI is InChI=1S/C14H20O9S.C8H4F14/c1-6(15)19-5-10-11(20-7(2)16)12(21-8(3)17)13(14(24)23-10)22-9(4)18;9-2-1-3(10,11)4(12,13)5(14,15)6(16,17)7(18,19)8(20,21)22/h10-14,24H,5H2,1-4H3;1-2H2/t10-,11-,12+,13-,14+;/m1./s1. The fraction of sp³-hybridized carbons (Fsp3) is 0.818. The van der Waals surface area contributed by atoms with Crippen molar-refractivity contribution in [2.75, 3.05) is 13.3 Å². The molecule has 0 aromatic heterocycles. The van der Waals surface area contributed by atoms with E-state index in [-0.39, 0.29) is 6.61 Å². The van der Waals surface area contributed by atoms with Crippen LogP contribution in [0.1, 0.15) is 34.1 Å². The Hall–Kier alpha value is -2.79. The van der Waals surface area contributed by atoms with Gasteiger partial charge < -0.3 is 23.7 Å². The van der Waals surface area contributed by atoms with Crippen molar-refractivity contribution in [2.24, 2.45) is 0 Å². The molecule has 5 atom stereocenters. The Labute approximate surface area is 254 Å². The van der Waals surface area contributed by atoms with E-state index in [0.717, 1.165) is 20.8 Å². The molecule has 0 spiro atoms. The summed E-state index contributed by atoms with van der Waals surface area (Å²) in [5, 5.41) is 0. The van der Waals surface area contributed by atoms with Crippen LogP contribution in [0.15, 0.2) is 0 Å². The highest BCUT2D eigenvalue weighted by Crippen LogP contribution is 2.60. The number of rotatable bonds is 11. The minimum absolute atomic E-state index is 0.255. The van der Waals surface area contributed by atoms with Gasteiger partial charge in [-0.2, -0.15) is 57.1 Å². The van der Waals surface area contributed by atoms with Gasteiger partial charge in [0.25, 0.3) is 0 Å². The lowest BCUT2D eigenvalue weighted by molar-refractivity contribution is -0.440. The number of halogens is 14. The van der Waals surface area contributed by atoms with Crippen LogP contribution < -0.4 is 0 Å². The second-order valence-corrected chi connectivity index (χ2v) is 9.54. The lowest BCUT2D eigenvalue weighted by atomic mass is 9.93. The highest BCUT2D eigenvalue weighted by atomic mass is 32.1. The maximum atomic E-state index is 12.7. The molecule has 0 saturated carbocycles. The van der Waals surface area contributed by atoms with Crippen molar-refractivity contribution in [1.82, 2.24) is 0 Å². The predicted octanol–water partition coefficient (Wildman–Crippen LogP) is 5.08. The van der Waals surface area contributed by atoms with E-state index >= 15 is 0 Å². The highest BCUT2D eigenvalue weighted by molar-refractivity contribution is 7.80. The van der Waals surface area contributed by atoms with E-state index in [1.807, 2.05) is 0 Å². The molecule has 9 nitrogen and oxygen atoms in total. The number of hydrogen-bond donors (Lipinski definition) is 1. The molecule has 0 radical (unpaired) electrons. The van der Waals surface area contributed by atoms with E-state index in [2.05, 4.69) is 12.6 Å². The minimum Gasteiger partial charge on any atom is -0.463 e. The second-order valence-electron chi connectivity index (χ2n) is 9.03. The largest absolute Gasteiger partial charge is 0.463 e. The molecule has 0 aliphatic carbocycles. The van der Waals surface area contributed by atoms with E-state index in [9.17, 15) is 80.6 Å². The first-order valence-corrected chi connectivity index (χ1v) is 12.4. The van der Waals surface area contributed by atoms with Crippen molar-refractivity contribution in [3.63, 3.8) is 0 Å². The van der Waals surface area contributed by atoms with Gasteiger partial charge in [0, 0.05) is 34.1 Å². The summed E-state index contributed by atoms with van der Waals surface area (Å²) < 4.78 is 198. The normalized spacial score (nSPS) is 23.0. The molecule has 1 heterocycles. The van der Waals surface area contributed by atoms with Gasteiger partial charge in [0.15, 0.2) is 18.3 Å². The van der Waals surface area contributed by atoms with E-state index in [0.29, 0.717) is 0 Å². The van der Waals surface area contributed by atoms with Gasteiger partial charge in [-0.1, -0.05) is 0 Å². The van der Waals surface area contributed by atoms with E-state index in [1.54, 1.807) is 0 Å². The summed E-state index contributed by atoms with van der Waals surface area (Å²) in [5.41, 5.74) is -0.981. The number of carbonyl (C=O) groups is 4. The molecule has 24 heteroatoms. The summed E-state index contributed by atoms with van der Waals surface area (Å²) in [4.78, 5) is 45.1. The lowest BCUT2D eigenvalue weighted by Crippen LogP contribution is -2.70. The van der Waals surface area contributed by atoms with Gasteiger partial charge in [0.05, 0.1) is 6.67 Å². The van der Waals surface area contributed by atoms with Crippen LogP contribution in [0, 0.1) is 0 Å². The van der Waals surface area contributed by atoms with Crippen molar-refractivity contribution >= 4 is 36.5 Å². The smallest absolute Gasteiger partial charge is 0.460 e. The van der Waals surface area contributed by atoms with Crippen LogP contribution in [0.25, 0.3) is 0 Å². The minimum atomic E-state index is -7.93. The van der Waals surface area contributed by atoms with Crippen LogP contribution >= 0.6 is 12.6 Å². The highest BCUT2D eigenvalue weighted by Gasteiger charge is 2.90. The second kappa shape index (κ2) is 15.4. The molecule has 0 aromatic rings. The monoisotopic (exact) mass is 730 g/mol. The summed E-state index contributed by atoms with van der Waals surface area (Å²) in [6.45, 7) is 1.96. The van der Waals surface area contributed by atoms with Gasteiger partial charge >= 0.3 is 59.7 Å². The third kappa shape index (κ3) is 9.62. The number of esters is 4. The van der Waals surface area contributed by atoms with E-state index < -0.39 is 103 Å². The molecular formula is C22H24F14O9S. The van der Waals surface area contributed by atoms with Gasteiger partial charge in [0.2, 0.25) is 0 Å². The number of hydrogen-bond acceptors (Lipinski definition) is 10. The first kappa shape index (κ1) is 43.2. The Kier molecular flexibility index (Phi) is 14.5. The topological polar surface area (TPSA) is 114 Å². The van der Waals surface area contributed by atoms with Crippen molar-refractivity contribution in [3.05, 3.63) is 0 Å². The van der Waals surface area contributed by atoms with E-state index in [4.69, 9.17) is 23.7 Å². The zero-order chi connectivity index (χ0) is 36.9. The molecule has 1 aliphatic heterocycles. The van der Waals surface area contributed by atoms with Crippen molar-refractivity contribution in [1.29, 1.82) is 0 Å². The molecule has 0 bridgehead atoms. The summed E-state index contributed by atoms with van der Waals surface area (Å²) >= 11 is 4.18. The Morgan fingerprint density at radius 2 is 1.00 bits per heavy atom. The summed E-state index contributed by atoms with van der Waals surface area (Å²) in [7, 11) is 0. The quantitative estimate of drug-likeness (QED) is 0.135. The first-order chi connectivity index (χ1) is 20.4. The van der Waals surface area contributed by atoms with Crippen molar-refractivity contribution in [3.8, 4) is 0 Å². The van der Waals surface area contributed by atoms with Crippen LogP contribution in [-0.2, 0) is 42.9 Å². The zero-order valence-electron chi connectivity index (χ0n) is 23.4. The molecule has 270 valence electrons. The SMILES string of the molecule is CC(=O)OC[C@H]1O[C@@H](S)[C@H](OC(C)=O)[C@@H](OC(C)=O)[C@@H]1OC(C)=O.FCCC(F)(F)C(F)(F)C(F)(F)C(F)(F)C(F)(F)C(F)(F)F. The average Bonchev–Trinajstić information content (AvgIpc) is 2.85. The maximum absolute atomic E-state index is 12.7. The van der Waals surface area contributed by atoms with Crippen LogP contribution in [-0.4, -0.2) is 103 Å². The summed E-state index contributed by atoms with van der Waals surface area (Å²) in [6.07, 6.45) is -14.6. The van der Waals surface area contributed by atoms with Gasteiger partial charge in [0.1, 0.15) is 18.1 Å². The molecular weight excluding hydrogens is 706 g/mol. The van der Waals surface area contributed by atoms with Crippen LogP contribution in [0.4, 0.5) is 61.5 Å². The summed E-state index contributed by atoms with van der Waals surface area (Å²) in [6, 6.07) is 0. The number of ether oxygens (including phenoxy) is 5. The van der Waals surface area contributed by atoms with Gasteiger partial charge in [-0.05, 0) is 0 Å². The Morgan fingerprint density at radius 1 is 0.609 bits per heavy atom. The Bertz CT molecular complexity index is 1090. The molecule has 0 N–H and O–H groups in total. The molecule has 1 aliphatic rings. The fourth-order valence-corrected chi connectivity index (χ4v) is 3.67. The maximum Gasteiger partial charge on any atom is 0.460 e. The van der Waals surface area contributed by atoms with Crippen LogP contribution in [0.5, 0.6) is 0 Å².